The number of nitrogens with zero attached hydrogens (tertiary/aromatic N) is 1. The highest BCUT2D eigenvalue weighted by Gasteiger charge is 2.21. The second-order valence-electron chi connectivity index (χ2n) is 4.19. The molecule has 1 aliphatic heterocycles. The molecule has 1 saturated heterocycles. The summed E-state index contributed by atoms with van der Waals surface area (Å²) >= 11 is 0. The van der Waals surface area contributed by atoms with Crippen molar-refractivity contribution in [2.75, 3.05) is 19.6 Å². The third-order valence-corrected chi connectivity index (χ3v) is 2.66. The molecule has 4 nitrogen and oxygen atoms in total. The normalized spacial score (nSPS) is 24.9. The maximum Gasteiger partial charge on any atom is 0.304 e. The van der Waals surface area contributed by atoms with Gasteiger partial charge in [0.25, 0.3) is 0 Å². The molecule has 0 aromatic heterocycles. The summed E-state index contributed by atoms with van der Waals surface area (Å²) in [7, 11) is 0. The van der Waals surface area contributed by atoms with Gasteiger partial charge in [-0.15, -0.1) is 0 Å². The Bertz CT molecular complexity index is 195. The molecule has 0 aliphatic carbocycles. The van der Waals surface area contributed by atoms with Crippen molar-refractivity contribution in [3.05, 3.63) is 0 Å². The number of nitrogens with one attached hydrogen (secondary N) is 1. The first-order valence-electron chi connectivity index (χ1n) is 5.29. The monoisotopic (exact) mass is 200 g/mol. The van der Waals surface area contributed by atoms with Gasteiger partial charge in [-0.2, -0.15) is 0 Å². The molecule has 0 radical (unpaired) electrons. The van der Waals surface area contributed by atoms with E-state index in [0.29, 0.717) is 6.04 Å². The molecule has 4 heteroatoms. The van der Waals surface area contributed by atoms with Crippen LogP contribution in [0.25, 0.3) is 0 Å². The molecule has 0 amide bonds. The minimum Gasteiger partial charge on any atom is -0.481 e. The van der Waals surface area contributed by atoms with Gasteiger partial charge in [0.15, 0.2) is 0 Å². The van der Waals surface area contributed by atoms with Crippen LogP contribution >= 0.6 is 0 Å². The van der Waals surface area contributed by atoms with Crippen LogP contribution in [-0.4, -0.2) is 47.7 Å². The zero-order chi connectivity index (χ0) is 10.6. The fourth-order valence-corrected chi connectivity index (χ4v) is 1.84. The highest BCUT2D eigenvalue weighted by Crippen LogP contribution is 2.07. The number of carboxylic acids is 1. The molecule has 0 spiro atoms. The van der Waals surface area contributed by atoms with Gasteiger partial charge in [-0.3, -0.25) is 9.69 Å². The summed E-state index contributed by atoms with van der Waals surface area (Å²) in [6.07, 6.45) is 1.33. The lowest BCUT2D eigenvalue weighted by Gasteiger charge is -2.27. The summed E-state index contributed by atoms with van der Waals surface area (Å²) in [5.74, 6) is -0.715. The van der Waals surface area contributed by atoms with Gasteiger partial charge in [0.05, 0.1) is 6.42 Å². The van der Waals surface area contributed by atoms with Crippen molar-refractivity contribution in [1.29, 1.82) is 0 Å². The average Bonchev–Trinajstić information content (AvgIpc) is 2.28. The Morgan fingerprint density at radius 3 is 2.93 bits per heavy atom. The number of hydrogen-bond donors (Lipinski definition) is 2. The highest BCUT2D eigenvalue weighted by molar-refractivity contribution is 5.67. The Hall–Kier alpha value is -0.610. The van der Waals surface area contributed by atoms with E-state index < -0.39 is 5.97 Å². The molecule has 1 atom stereocenters. The Morgan fingerprint density at radius 2 is 2.36 bits per heavy atom. The molecule has 0 saturated carbocycles. The van der Waals surface area contributed by atoms with Crippen LogP contribution in [0.1, 0.15) is 26.7 Å². The molecule has 1 rings (SSSR count). The molecule has 1 unspecified atom stereocenters. The molecule has 0 aromatic rings. The van der Waals surface area contributed by atoms with Crippen molar-refractivity contribution in [2.24, 2.45) is 0 Å². The molecule has 0 aromatic carbocycles. The van der Waals surface area contributed by atoms with Gasteiger partial charge in [-0.05, 0) is 33.4 Å². The predicted molar refractivity (Wildman–Crippen MR) is 55.4 cm³/mol. The topological polar surface area (TPSA) is 52.6 Å². The molecule has 1 aliphatic rings. The van der Waals surface area contributed by atoms with Gasteiger partial charge in [-0.1, -0.05) is 0 Å². The fraction of sp³-hybridized carbons (Fsp3) is 0.900. The van der Waals surface area contributed by atoms with E-state index in [0.717, 1.165) is 26.1 Å². The first kappa shape index (κ1) is 11.5. The third kappa shape index (κ3) is 3.64. The molecule has 82 valence electrons. The van der Waals surface area contributed by atoms with Crippen LogP contribution in [0.5, 0.6) is 0 Å². The number of rotatable bonds is 3. The largest absolute Gasteiger partial charge is 0.481 e. The van der Waals surface area contributed by atoms with Crippen molar-refractivity contribution in [3.8, 4) is 0 Å². The van der Waals surface area contributed by atoms with E-state index in [4.69, 9.17) is 5.11 Å². The van der Waals surface area contributed by atoms with Crippen LogP contribution in [0.3, 0.4) is 0 Å². The number of carbonyl (C=O) groups is 1. The average molecular weight is 200 g/mol. The summed E-state index contributed by atoms with van der Waals surface area (Å²) in [6, 6.07) is 0.614. The van der Waals surface area contributed by atoms with E-state index in [9.17, 15) is 4.79 Å². The highest BCUT2D eigenvalue weighted by atomic mass is 16.4. The lowest BCUT2D eigenvalue weighted by atomic mass is 10.2. The first-order chi connectivity index (χ1) is 6.59. The van der Waals surface area contributed by atoms with Crippen molar-refractivity contribution >= 4 is 5.97 Å². The van der Waals surface area contributed by atoms with E-state index in [1.165, 1.54) is 0 Å². The van der Waals surface area contributed by atoms with Gasteiger partial charge < -0.3 is 10.4 Å². The summed E-state index contributed by atoms with van der Waals surface area (Å²) in [5.41, 5.74) is 0. The van der Waals surface area contributed by atoms with Crippen LogP contribution in [-0.2, 0) is 4.79 Å². The van der Waals surface area contributed by atoms with E-state index in [-0.39, 0.29) is 12.5 Å². The van der Waals surface area contributed by atoms with Gasteiger partial charge >= 0.3 is 5.97 Å². The van der Waals surface area contributed by atoms with Gasteiger partial charge in [0.1, 0.15) is 0 Å². The number of hydrogen-bond acceptors (Lipinski definition) is 3. The van der Waals surface area contributed by atoms with Crippen LogP contribution in [0.4, 0.5) is 0 Å². The first-order valence-corrected chi connectivity index (χ1v) is 5.29. The van der Waals surface area contributed by atoms with Crippen molar-refractivity contribution in [3.63, 3.8) is 0 Å². The zero-order valence-electron chi connectivity index (χ0n) is 8.99. The quantitative estimate of drug-likeness (QED) is 0.698. The number of carboxylic acid groups (broad SMARTS) is 1. The SMILES string of the molecule is CC(C)N1CCCNC(CC(=O)O)C1. The Balaban J connectivity index is 2.46. The Kier molecular flexibility index (Phi) is 4.35. The Morgan fingerprint density at radius 1 is 1.64 bits per heavy atom. The van der Waals surface area contributed by atoms with Gasteiger partial charge in [0.2, 0.25) is 0 Å². The van der Waals surface area contributed by atoms with E-state index in [2.05, 4.69) is 24.1 Å². The number of aliphatic carboxylic acids is 1. The van der Waals surface area contributed by atoms with Crippen LogP contribution in [0.2, 0.25) is 0 Å². The van der Waals surface area contributed by atoms with Gasteiger partial charge in [-0.25, -0.2) is 0 Å². The lowest BCUT2D eigenvalue weighted by molar-refractivity contribution is -0.137. The second kappa shape index (κ2) is 5.32. The predicted octanol–water partition coefficient (Wildman–Crippen LogP) is 0.533. The molecule has 1 heterocycles. The maximum absolute atomic E-state index is 10.6. The van der Waals surface area contributed by atoms with E-state index >= 15 is 0 Å². The Labute approximate surface area is 85.3 Å². The minimum atomic E-state index is -0.715. The maximum atomic E-state index is 10.6. The fourth-order valence-electron chi connectivity index (χ4n) is 1.84. The molecule has 14 heavy (non-hydrogen) atoms. The van der Waals surface area contributed by atoms with Gasteiger partial charge in [0, 0.05) is 18.6 Å². The molecule has 1 fully saturated rings. The minimum absolute atomic E-state index is 0.109. The molecular weight excluding hydrogens is 180 g/mol. The second-order valence-corrected chi connectivity index (χ2v) is 4.19. The summed E-state index contributed by atoms with van der Waals surface area (Å²) < 4.78 is 0. The lowest BCUT2D eigenvalue weighted by Crippen LogP contribution is -2.41. The third-order valence-electron chi connectivity index (χ3n) is 2.66. The molecule has 2 N–H and O–H groups in total. The standard InChI is InChI=1S/C10H20N2O2/c1-8(2)12-5-3-4-11-9(7-12)6-10(13)14/h8-9,11H,3-7H2,1-2H3,(H,13,14). The molecular formula is C10H20N2O2. The van der Waals surface area contributed by atoms with Crippen LogP contribution < -0.4 is 5.32 Å². The van der Waals surface area contributed by atoms with Crippen molar-refractivity contribution in [1.82, 2.24) is 10.2 Å². The summed E-state index contributed by atoms with van der Waals surface area (Å²) in [4.78, 5) is 12.9. The summed E-state index contributed by atoms with van der Waals surface area (Å²) in [5, 5.41) is 12.0. The smallest absolute Gasteiger partial charge is 0.304 e. The van der Waals surface area contributed by atoms with Crippen molar-refractivity contribution in [2.45, 2.75) is 38.8 Å². The molecule has 0 bridgehead atoms. The van der Waals surface area contributed by atoms with Crippen LogP contribution in [0.15, 0.2) is 0 Å². The zero-order valence-corrected chi connectivity index (χ0v) is 8.99. The summed E-state index contributed by atoms with van der Waals surface area (Å²) in [6.45, 7) is 7.16. The van der Waals surface area contributed by atoms with E-state index in [1.54, 1.807) is 0 Å². The van der Waals surface area contributed by atoms with Crippen LogP contribution in [0, 0.1) is 0 Å². The van der Waals surface area contributed by atoms with Crippen molar-refractivity contribution < 1.29 is 9.90 Å². The van der Waals surface area contributed by atoms with E-state index in [1.807, 2.05) is 0 Å².